The Morgan fingerprint density at radius 3 is 2.83 bits per heavy atom. The van der Waals surface area contributed by atoms with Gasteiger partial charge in [0.05, 0.1) is 24.8 Å². The number of hydrogen-bond acceptors (Lipinski definition) is 6. The smallest absolute Gasteiger partial charge is 0.332 e. The lowest BCUT2D eigenvalue weighted by Gasteiger charge is -2.05. The Hall–Kier alpha value is -2.94. The highest BCUT2D eigenvalue weighted by Crippen LogP contribution is 2.24. The predicted molar refractivity (Wildman–Crippen MR) is 89.1 cm³/mol. The topological polar surface area (TPSA) is 87.8 Å². The lowest BCUT2D eigenvalue weighted by molar-refractivity contribution is 0.581. The molecule has 0 saturated heterocycles. The van der Waals surface area contributed by atoms with Crippen molar-refractivity contribution >= 4 is 22.5 Å². The molecule has 0 radical (unpaired) electrons. The molecular formula is C15H13N5O3S. The first-order valence-corrected chi connectivity index (χ1v) is 8.03. The largest absolute Gasteiger partial charge is 0.462 e. The van der Waals surface area contributed by atoms with Gasteiger partial charge in [-0.2, -0.15) is 0 Å². The molecule has 0 saturated carbocycles. The number of thiazole rings is 1. The number of rotatable bonds is 3. The van der Waals surface area contributed by atoms with Crippen molar-refractivity contribution in [2.45, 2.75) is 6.54 Å². The van der Waals surface area contributed by atoms with Gasteiger partial charge in [0, 0.05) is 19.5 Å². The molecule has 0 aliphatic rings. The van der Waals surface area contributed by atoms with Gasteiger partial charge in [-0.25, -0.2) is 14.8 Å². The fourth-order valence-electron chi connectivity index (χ4n) is 2.58. The van der Waals surface area contributed by atoms with Crippen LogP contribution in [0.5, 0.6) is 0 Å². The van der Waals surface area contributed by atoms with Gasteiger partial charge >= 0.3 is 5.69 Å². The van der Waals surface area contributed by atoms with E-state index in [-0.39, 0.29) is 5.56 Å². The average molecular weight is 343 g/mol. The van der Waals surface area contributed by atoms with Crippen LogP contribution in [0.2, 0.25) is 0 Å². The van der Waals surface area contributed by atoms with Crippen molar-refractivity contribution < 1.29 is 4.42 Å². The van der Waals surface area contributed by atoms with Crippen LogP contribution < -0.4 is 11.2 Å². The normalized spacial score (nSPS) is 11.4. The third kappa shape index (κ3) is 2.13. The Morgan fingerprint density at radius 2 is 2.08 bits per heavy atom. The Balaban J connectivity index is 1.79. The van der Waals surface area contributed by atoms with Gasteiger partial charge in [0.25, 0.3) is 5.56 Å². The summed E-state index contributed by atoms with van der Waals surface area (Å²) in [5.41, 5.74) is 0.775. The minimum atomic E-state index is -0.397. The zero-order valence-electron chi connectivity index (χ0n) is 13.0. The van der Waals surface area contributed by atoms with Gasteiger partial charge < -0.3 is 8.98 Å². The van der Waals surface area contributed by atoms with Crippen LogP contribution >= 0.6 is 11.3 Å². The standard InChI is InChI=1S/C15H13N5O3S/c1-18-12-11(14(21)19(2)15(18)22)20(8-16-12)6-9-7-24-13(17-9)10-4-3-5-23-10/h3-5,7-8H,6H2,1-2H3. The summed E-state index contributed by atoms with van der Waals surface area (Å²) in [6.07, 6.45) is 3.15. The van der Waals surface area contributed by atoms with E-state index in [0.717, 1.165) is 15.3 Å². The van der Waals surface area contributed by atoms with Crippen molar-refractivity contribution in [3.63, 3.8) is 0 Å². The van der Waals surface area contributed by atoms with Gasteiger partial charge in [0.2, 0.25) is 0 Å². The van der Waals surface area contributed by atoms with Crippen LogP contribution in [0.3, 0.4) is 0 Å². The summed E-state index contributed by atoms with van der Waals surface area (Å²) in [6.45, 7) is 0.390. The van der Waals surface area contributed by atoms with Crippen LogP contribution in [0.4, 0.5) is 0 Å². The Bertz CT molecular complexity index is 1150. The predicted octanol–water partition coefficient (Wildman–Crippen LogP) is 1.20. The van der Waals surface area contributed by atoms with Crippen LogP contribution in [0, 0.1) is 0 Å². The molecule has 8 nitrogen and oxygen atoms in total. The molecule has 122 valence electrons. The maximum atomic E-state index is 12.4. The fraction of sp³-hybridized carbons (Fsp3) is 0.200. The molecular weight excluding hydrogens is 330 g/mol. The molecule has 9 heteroatoms. The van der Waals surface area contributed by atoms with Gasteiger partial charge in [-0.3, -0.25) is 13.9 Å². The number of furan rings is 1. The van der Waals surface area contributed by atoms with Crippen molar-refractivity contribution in [1.29, 1.82) is 0 Å². The van der Waals surface area contributed by atoms with Crippen LogP contribution in [-0.2, 0) is 20.6 Å². The molecule has 0 aliphatic heterocycles. The maximum absolute atomic E-state index is 12.4. The molecule has 0 N–H and O–H groups in total. The van der Waals surface area contributed by atoms with E-state index < -0.39 is 5.69 Å². The Labute approximate surface area is 139 Å². The summed E-state index contributed by atoms with van der Waals surface area (Å²) < 4.78 is 9.49. The average Bonchev–Trinajstić information content (AvgIpc) is 3.31. The van der Waals surface area contributed by atoms with Crippen molar-refractivity contribution in [1.82, 2.24) is 23.7 Å². The Morgan fingerprint density at radius 1 is 1.25 bits per heavy atom. The minimum Gasteiger partial charge on any atom is -0.462 e. The lowest BCUT2D eigenvalue weighted by atomic mass is 10.4. The molecule has 0 aromatic carbocycles. The summed E-state index contributed by atoms with van der Waals surface area (Å²) in [6, 6.07) is 3.66. The molecule has 0 spiro atoms. The molecule has 0 aliphatic carbocycles. The van der Waals surface area contributed by atoms with E-state index in [2.05, 4.69) is 9.97 Å². The summed E-state index contributed by atoms with van der Waals surface area (Å²) >= 11 is 1.47. The Kier molecular flexibility index (Phi) is 3.24. The van der Waals surface area contributed by atoms with Gasteiger partial charge in [0.15, 0.2) is 21.9 Å². The fourth-order valence-corrected chi connectivity index (χ4v) is 3.36. The van der Waals surface area contributed by atoms with Crippen LogP contribution in [0.15, 0.2) is 44.1 Å². The molecule has 0 unspecified atom stereocenters. The second-order valence-electron chi connectivity index (χ2n) is 5.37. The monoisotopic (exact) mass is 343 g/mol. The van der Waals surface area contributed by atoms with E-state index in [1.807, 2.05) is 17.5 Å². The van der Waals surface area contributed by atoms with Gasteiger partial charge in [0.1, 0.15) is 0 Å². The second kappa shape index (κ2) is 5.31. The highest BCUT2D eigenvalue weighted by atomic mass is 32.1. The molecule has 0 bridgehead atoms. The molecule has 4 heterocycles. The van der Waals surface area contributed by atoms with Gasteiger partial charge in [-0.1, -0.05) is 0 Å². The quantitative estimate of drug-likeness (QED) is 0.558. The number of aromatic nitrogens is 5. The summed E-state index contributed by atoms with van der Waals surface area (Å²) in [5, 5.41) is 2.69. The highest BCUT2D eigenvalue weighted by Gasteiger charge is 2.15. The van der Waals surface area contributed by atoms with Crippen LogP contribution in [0.25, 0.3) is 21.9 Å². The van der Waals surface area contributed by atoms with Gasteiger partial charge in [-0.05, 0) is 12.1 Å². The minimum absolute atomic E-state index is 0.365. The van der Waals surface area contributed by atoms with Crippen molar-refractivity contribution in [2.75, 3.05) is 0 Å². The molecule has 0 atom stereocenters. The zero-order valence-corrected chi connectivity index (χ0v) is 13.8. The molecule has 4 rings (SSSR count). The number of imidazole rings is 1. The first kappa shape index (κ1) is 14.6. The SMILES string of the molecule is Cn1c(=O)c2c(ncn2Cc2csc(-c3ccco3)n2)n(C)c1=O. The van der Waals surface area contributed by atoms with Crippen molar-refractivity contribution in [3.05, 3.63) is 56.6 Å². The summed E-state index contributed by atoms with van der Waals surface area (Å²) in [7, 11) is 3.05. The highest BCUT2D eigenvalue weighted by molar-refractivity contribution is 7.13. The number of nitrogens with zero attached hydrogens (tertiary/aromatic N) is 5. The van der Waals surface area contributed by atoms with E-state index >= 15 is 0 Å². The maximum Gasteiger partial charge on any atom is 0.332 e. The van der Waals surface area contributed by atoms with E-state index in [9.17, 15) is 9.59 Å². The van der Waals surface area contributed by atoms with Crippen LogP contribution in [-0.4, -0.2) is 23.7 Å². The molecule has 24 heavy (non-hydrogen) atoms. The van der Waals surface area contributed by atoms with E-state index in [1.54, 1.807) is 24.2 Å². The first-order chi connectivity index (χ1) is 11.6. The first-order valence-electron chi connectivity index (χ1n) is 7.15. The third-order valence-electron chi connectivity index (χ3n) is 3.83. The van der Waals surface area contributed by atoms with E-state index in [0.29, 0.717) is 23.5 Å². The lowest BCUT2D eigenvalue weighted by Crippen LogP contribution is -2.37. The van der Waals surface area contributed by atoms with Crippen molar-refractivity contribution in [3.8, 4) is 10.8 Å². The summed E-state index contributed by atoms with van der Waals surface area (Å²) in [4.78, 5) is 33.1. The van der Waals surface area contributed by atoms with E-state index in [1.165, 1.54) is 23.0 Å². The molecule has 4 aromatic heterocycles. The molecule has 4 aromatic rings. The zero-order chi connectivity index (χ0) is 16.8. The van der Waals surface area contributed by atoms with Crippen molar-refractivity contribution in [2.24, 2.45) is 14.1 Å². The molecule has 0 fully saturated rings. The third-order valence-corrected chi connectivity index (χ3v) is 4.74. The number of aryl methyl sites for hydroxylation is 1. The molecule has 0 amide bonds. The van der Waals surface area contributed by atoms with Gasteiger partial charge in [-0.15, -0.1) is 11.3 Å². The summed E-state index contributed by atoms with van der Waals surface area (Å²) in [5.74, 6) is 0.708. The second-order valence-corrected chi connectivity index (χ2v) is 6.23. The number of hydrogen-bond donors (Lipinski definition) is 0. The van der Waals surface area contributed by atoms with Crippen LogP contribution in [0.1, 0.15) is 5.69 Å². The van der Waals surface area contributed by atoms with E-state index in [4.69, 9.17) is 4.42 Å². The number of fused-ring (bicyclic) bond motifs is 1.